The lowest BCUT2D eigenvalue weighted by molar-refractivity contribution is -0.123. The molecule has 3 amide bonds. The molecule has 0 radical (unpaired) electrons. The van der Waals surface area contributed by atoms with Crippen molar-refractivity contribution in [1.82, 2.24) is 16.0 Å². The molecule has 0 heterocycles. The second-order valence-electron chi connectivity index (χ2n) is 7.08. The second kappa shape index (κ2) is 10.8. The van der Waals surface area contributed by atoms with Crippen LogP contribution in [0.3, 0.4) is 0 Å². The van der Waals surface area contributed by atoms with E-state index >= 15 is 0 Å². The molecule has 2 saturated carbocycles. The van der Waals surface area contributed by atoms with Crippen LogP contribution in [0, 0.1) is 0 Å². The van der Waals surface area contributed by atoms with Gasteiger partial charge in [0.05, 0.1) is 5.54 Å². The van der Waals surface area contributed by atoms with Crippen LogP contribution in [-0.2, 0) is 4.79 Å². The van der Waals surface area contributed by atoms with Crippen molar-refractivity contribution in [2.24, 2.45) is 5.73 Å². The van der Waals surface area contributed by atoms with Crippen LogP contribution in [0.2, 0.25) is 0 Å². The number of halogens is 1. The summed E-state index contributed by atoms with van der Waals surface area (Å²) in [5.41, 5.74) is 5.64. The minimum Gasteiger partial charge on any atom is -0.349 e. The zero-order chi connectivity index (χ0) is 16.5. The van der Waals surface area contributed by atoms with Crippen molar-refractivity contribution < 1.29 is 9.59 Å². The molecule has 2 fully saturated rings. The van der Waals surface area contributed by atoms with Crippen molar-refractivity contribution in [3.8, 4) is 0 Å². The molecule has 2 rings (SSSR count). The van der Waals surface area contributed by atoms with Gasteiger partial charge >= 0.3 is 6.03 Å². The summed E-state index contributed by atoms with van der Waals surface area (Å²) in [6, 6.07) is 0.213. The van der Waals surface area contributed by atoms with Crippen LogP contribution in [0.5, 0.6) is 0 Å². The topological polar surface area (TPSA) is 96.2 Å². The number of rotatable bonds is 7. The third-order valence-corrected chi connectivity index (χ3v) is 5.16. The molecule has 6 nitrogen and oxygen atoms in total. The number of hydrogen-bond donors (Lipinski definition) is 4. The van der Waals surface area contributed by atoms with E-state index < -0.39 is 0 Å². The maximum Gasteiger partial charge on any atom is 0.315 e. The summed E-state index contributed by atoms with van der Waals surface area (Å²) in [5, 5.41) is 8.97. The molecule has 0 atom stereocenters. The van der Waals surface area contributed by atoms with Crippen LogP contribution in [0.15, 0.2) is 0 Å². The number of carbonyl (C=O) groups excluding carboxylic acids is 2. The fourth-order valence-corrected chi connectivity index (χ4v) is 3.72. The zero-order valence-corrected chi connectivity index (χ0v) is 15.4. The van der Waals surface area contributed by atoms with Crippen molar-refractivity contribution in [2.45, 2.75) is 82.2 Å². The Morgan fingerprint density at radius 2 is 1.71 bits per heavy atom. The number of carbonyl (C=O) groups is 2. The molecule has 0 bridgehead atoms. The minimum absolute atomic E-state index is 0. The predicted octanol–water partition coefficient (Wildman–Crippen LogP) is 2.21. The summed E-state index contributed by atoms with van der Waals surface area (Å²) in [6.07, 6.45) is 11.2. The molecule has 0 aromatic carbocycles. The standard InChI is InChI=1S/C17H32N4O2.ClH/c18-13-17(10-4-5-11-17)21-15(22)9-6-12-19-16(23)20-14-7-2-1-3-8-14;/h14H,1-13,18H2,(H,21,22)(H2,19,20,23);1H. The van der Waals surface area contributed by atoms with Crippen LogP contribution in [0.1, 0.15) is 70.6 Å². The van der Waals surface area contributed by atoms with Gasteiger partial charge < -0.3 is 21.7 Å². The van der Waals surface area contributed by atoms with Crippen molar-refractivity contribution in [3.63, 3.8) is 0 Å². The van der Waals surface area contributed by atoms with Crippen LogP contribution in [0.4, 0.5) is 4.79 Å². The molecule has 140 valence electrons. The largest absolute Gasteiger partial charge is 0.349 e. The molecule has 5 N–H and O–H groups in total. The summed E-state index contributed by atoms with van der Waals surface area (Å²) in [4.78, 5) is 23.8. The van der Waals surface area contributed by atoms with Gasteiger partial charge in [-0.2, -0.15) is 0 Å². The molecular weight excluding hydrogens is 328 g/mol. The van der Waals surface area contributed by atoms with E-state index in [0.717, 1.165) is 38.5 Å². The molecule has 0 spiro atoms. The Hall–Kier alpha value is -1.01. The SMILES string of the molecule is Cl.NCC1(NC(=O)CCCNC(=O)NC2CCCCC2)CCCC1. The molecule has 0 saturated heterocycles. The van der Waals surface area contributed by atoms with Crippen molar-refractivity contribution >= 4 is 24.3 Å². The highest BCUT2D eigenvalue weighted by Gasteiger charge is 2.33. The van der Waals surface area contributed by atoms with Crippen LogP contribution >= 0.6 is 12.4 Å². The molecule has 7 heteroatoms. The van der Waals surface area contributed by atoms with E-state index in [9.17, 15) is 9.59 Å². The molecule has 0 unspecified atom stereocenters. The van der Waals surface area contributed by atoms with E-state index in [2.05, 4.69) is 16.0 Å². The summed E-state index contributed by atoms with van der Waals surface area (Å²) in [7, 11) is 0. The molecule has 24 heavy (non-hydrogen) atoms. The Bertz CT molecular complexity index is 394. The Morgan fingerprint density at radius 3 is 2.33 bits per heavy atom. The number of hydrogen-bond acceptors (Lipinski definition) is 3. The molecular formula is C17H33ClN4O2. The highest BCUT2D eigenvalue weighted by molar-refractivity contribution is 5.85. The molecule has 2 aliphatic rings. The normalized spacial score (nSPS) is 20.0. The Balaban J connectivity index is 0.00000288. The maximum atomic E-state index is 12.0. The molecule has 0 aromatic heterocycles. The summed E-state index contributed by atoms with van der Waals surface area (Å²) >= 11 is 0. The Labute approximate surface area is 151 Å². The van der Waals surface area contributed by atoms with Crippen molar-refractivity contribution in [1.29, 1.82) is 0 Å². The van der Waals surface area contributed by atoms with E-state index in [1.54, 1.807) is 0 Å². The highest BCUT2D eigenvalue weighted by atomic mass is 35.5. The number of urea groups is 1. The van der Waals surface area contributed by atoms with Gasteiger partial charge in [-0.3, -0.25) is 4.79 Å². The monoisotopic (exact) mass is 360 g/mol. The molecule has 2 aliphatic carbocycles. The summed E-state index contributed by atoms with van der Waals surface area (Å²) in [6.45, 7) is 1.04. The van der Waals surface area contributed by atoms with E-state index in [4.69, 9.17) is 5.73 Å². The smallest absolute Gasteiger partial charge is 0.315 e. The maximum absolute atomic E-state index is 12.0. The third-order valence-electron chi connectivity index (χ3n) is 5.16. The lowest BCUT2D eigenvalue weighted by Crippen LogP contribution is -2.51. The van der Waals surface area contributed by atoms with Crippen LogP contribution < -0.4 is 21.7 Å². The quantitative estimate of drug-likeness (QED) is 0.524. The zero-order valence-electron chi connectivity index (χ0n) is 14.6. The molecule has 0 aliphatic heterocycles. The van der Waals surface area contributed by atoms with Gasteiger partial charge in [-0.25, -0.2) is 4.79 Å². The number of nitrogens with one attached hydrogen (secondary N) is 3. The van der Waals surface area contributed by atoms with E-state index in [0.29, 0.717) is 32.0 Å². The highest BCUT2D eigenvalue weighted by Crippen LogP contribution is 2.28. The average Bonchev–Trinajstić information content (AvgIpc) is 3.01. The van der Waals surface area contributed by atoms with E-state index in [1.165, 1.54) is 19.3 Å². The Morgan fingerprint density at radius 1 is 1.04 bits per heavy atom. The number of amides is 3. The summed E-state index contributed by atoms with van der Waals surface area (Å²) in [5.74, 6) is 0.0480. The first kappa shape index (κ1) is 21.0. The first-order valence-corrected chi connectivity index (χ1v) is 9.19. The minimum atomic E-state index is -0.178. The first-order valence-electron chi connectivity index (χ1n) is 9.19. The first-order chi connectivity index (χ1) is 11.1. The van der Waals surface area contributed by atoms with E-state index in [-0.39, 0.29) is 29.9 Å². The fraction of sp³-hybridized carbons (Fsp3) is 0.882. The third kappa shape index (κ3) is 6.85. The second-order valence-corrected chi connectivity index (χ2v) is 7.08. The van der Waals surface area contributed by atoms with Gasteiger partial charge in [-0.1, -0.05) is 32.1 Å². The average molecular weight is 361 g/mol. The van der Waals surface area contributed by atoms with Gasteiger partial charge in [0.1, 0.15) is 0 Å². The van der Waals surface area contributed by atoms with Crippen molar-refractivity contribution in [2.75, 3.05) is 13.1 Å². The number of nitrogens with two attached hydrogens (primary N) is 1. The van der Waals surface area contributed by atoms with E-state index in [1.807, 2.05) is 0 Å². The lowest BCUT2D eigenvalue weighted by atomic mass is 9.96. The lowest BCUT2D eigenvalue weighted by Gasteiger charge is -2.28. The van der Waals surface area contributed by atoms with Gasteiger partial charge in [0.2, 0.25) is 5.91 Å². The fourth-order valence-electron chi connectivity index (χ4n) is 3.72. The van der Waals surface area contributed by atoms with Crippen LogP contribution in [-0.4, -0.2) is 36.6 Å². The molecule has 0 aromatic rings. The van der Waals surface area contributed by atoms with Gasteiger partial charge in [-0.15, -0.1) is 12.4 Å². The predicted molar refractivity (Wildman–Crippen MR) is 98.3 cm³/mol. The Kier molecular flexibility index (Phi) is 9.44. The van der Waals surface area contributed by atoms with Gasteiger partial charge in [0, 0.05) is 25.6 Å². The van der Waals surface area contributed by atoms with Gasteiger partial charge in [-0.05, 0) is 32.1 Å². The summed E-state index contributed by atoms with van der Waals surface area (Å²) < 4.78 is 0. The van der Waals surface area contributed by atoms with Crippen molar-refractivity contribution in [3.05, 3.63) is 0 Å². The van der Waals surface area contributed by atoms with Gasteiger partial charge in [0.25, 0.3) is 0 Å². The van der Waals surface area contributed by atoms with Gasteiger partial charge in [0.15, 0.2) is 0 Å². The van der Waals surface area contributed by atoms with Crippen LogP contribution in [0.25, 0.3) is 0 Å².